The molecule has 1 N–H and O–H groups in total. The molecule has 17 heavy (non-hydrogen) atoms. The van der Waals surface area contributed by atoms with Crippen LogP contribution >= 0.6 is 15.9 Å². The van der Waals surface area contributed by atoms with Gasteiger partial charge in [0.25, 0.3) is 5.91 Å². The summed E-state index contributed by atoms with van der Waals surface area (Å²) >= 11 is 3.16. The van der Waals surface area contributed by atoms with E-state index in [2.05, 4.69) is 15.9 Å². The summed E-state index contributed by atoms with van der Waals surface area (Å²) in [6, 6.07) is 1.72. The molecule has 0 bridgehead atoms. The highest BCUT2D eigenvalue weighted by Crippen LogP contribution is 2.24. The first-order chi connectivity index (χ1) is 7.99. The van der Waals surface area contributed by atoms with Gasteiger partial charge in [0.05, 0.1) is 5.92 Å². The smallest absolute Gasteiger partial charge is 0.308 e. The lowest BCUT2D eigenvalue weighted by molar-refractivity contribution is -0.141. The molecule has 2 heterocycles. The molecule has 1 unspecified atom stereocenters. The highest BCUT2D eigenvalue weighted by molar-refractivity contribution is 9.10. The molecule has 1 aromatic heterocycles. The lowest BCUT2D eigenvalue weighted by Crippen LogP contribution is -2.30. The van der Waals surface area contributed by atoms with Crippen LogP contribution in [0, 0.1) is 12.8 Å². The van der Waals surface area contributed by atoms with Crippen LogP contribution in [-0.4, -0.2) is 35.0 Å². The molecule has 1 atom stereocenters. The van der Waals surface area contributed by atoms with Crippen LogP contribution in [0.5, 0.6) is 0 Å². The van der Waals surface area contributed by atoms with E-state index in [0.29, 0.717) is 17.6 Å². The Hall–Kier alpha value is -1.30. The Labute approximate surface area is 107 Å². The second-order valence-electron chi connectivity index (χ2n) is 4.14. The van der Waals surface area contributed by atoms with E-state index >= 15 is 0 Å². The summed E-state index contributed by atoms with van der Waals surface area (Å²) in [5.41, 5.74) is 0.751. The molecule has 1 fully saturated rings. The van der Waals surface area contributed by atoms with Crippen molar-refractivity contribution in [2.45, 2.75) is 13.3 Å². The zero-order valence-electron chi connectivity index (χ0n) is 9.27. The molecule has 92 valence electrons. The van der Waals surface area contributed by atoms with Crippen molar-refractivity contribution >= 4 is 27.8 Å². The summed E-state index contributed by atoms with van der Waals surface area (Å²) in [5, 5.41) is 8.87. The molecule has 1 saturated heterocycles. The maximum Gasteiger partial charge on any atom is 0.308 e. The Kier molecular flexibility index (Phi) is 3.24. The molecule has 0 spiro atoms. The summed E-state index contributed by atoms with van der Waals surface area (Å²) in [6.07, 6.45) is 0.502. The fourth-order valence-corrected chi connectivity index (χ4v) is 2.45. The fraction of sp³-hybridized carbons (Fsp3) is 0.455. The molecule has 1 aliphatic rings. The van der Waals surface area contributed by atoms with Gasteiger partial charge in [-0.05, 0) is 35.3 Å². The van der Waals surface area contributed by atoms with Crippen LogP contribution in [0.15, 0.2) is 15.2 Å². The molecule has 0 aliphatic carbocycles. The van der Waals surface area contributed by atoms with Crippen molar-refractivity contribution in [3.63, 3.8) is 0 Å². The quantitative estimate of drug-likeness (QED) is 0.905. The number of hydrogen-bond donors (Lipinski definition) is 1. The van der Waals surface area contributed by atoms with Crippen LogP contribution in [0.1, 0.15) is 22.5 Å². The number of carboxylic acids is 1. The van der Waals surface area contributed by atoms with Gasteiger partial charge in [-0.15, -0.1) is 0 Å². The van der Waals surface area contributed by atoms with E-state index in [-0.39, 0.29) is 18.2 Å². The number of hydrogen-bond acceptors (Lipinski definition) is 3. The van der Waals surface area contributed by atoms with Gasteiger partial charge >= 0.3 is 5.97 Å². The van der Waals surface area contributed by atoms with Gasteiger partial charge in [-0.25, -0.2) is 0 Å². The number of halogens is 1. The van der Waals surface area contributed by atoms with Gasteiger partial charge in [0.15, 0.2) is 10.4 Å². The Bertz CT molecular complexity index is 468. The van der Waals surface area contributed by atoms with E-state index in [0.717, 1.165) is 5.56 Å². The Morgan fingerprint density at radius 3 is 2.76 bits per heavy atom. The standard InChI is InChI=1S/C11H12BrNO4/c1-6-4-8(12)17-9(6)10(14)13-3-2-7(5-13)11(15)16/h4,7H,2-3,5H2,1H3,(H,15,16). The molecule has 5 nitrogen and oxygen atoms in total. The van der Waals surface area contributed by atoms with Crippen molar-refractivity contribution in [2.75, 3.05) is 13.1 Å². The van der Waals surface area contributed by atoms with Crippen molar-refractivity contribution < 1.29 is 19.1 Å². The Morgan fingerprint density at radius 1 is 1.59 bits per heavy atom. The van der Waals surface area contributed by atoms with Crippen LogP contribution in [0.2, 0.25) is 0 Å². The summed E-state index contributed by atoms with van der Waals surface area (Å²) in [6.45, 7) is 2.51. The number of aryl methyl sites for hydroxylation is 1. The first kappa shape index (κ1) is 12.2. The average Bonchev–Trinajstić information content (AvgIpc) is 2.84. The molecule has 6 heteroatoms. The number of furan rings is 1. The lowest BCUT2D eigenvalue weighted by Gasteiger charge is -2.14. The SMILES string of the molecule is Cc1cc(Br)oc1C(=O)N1CCC(C(=O)O)C1. The zero-order chi connectivity index (χ0) is 12.6. The van der Waals surface area contributed by atoms with E-state index in [4.69, 9.17) is 9.52 Å². The maximum absolute atomic E-state index is 12.1. The van der Waals surface area contributed by atoms with Crippen LogP contribution in [-0.2, 0) is 4.79 Å². The van der Waals surface area contributed by atoms with Gasteiger partial charge in [0.2, 0.25) is 0 Å². The number of rotatable bonds is 2. The fourth-order valence-electron chi connectivity index (χ4n) is 1.95. The lowest BCUT2D eigenvalue weighted by atomic mass is 10.1. The van der Waals surface area contributed by atoms with Crippen LogP contribution in [0.4, 0.5) is 0 Å². The van der Waals surface area contributed by atoms with Crippen LogP contribution in [0.3, 0.4) is 0 Å². The summed E-state index contributed by atoms with van der Waals surface area (Å²) in [7, 11) is 0. The topological polar surface area (TPSA) is 70.8 Å². The van der Waals surface area contributed by atoms with E-state index in [1.165, 1.54) is 4.90 Å². The van der Waals surface area contributed by atoms with Crippen molar-refractivity contribution in [1.82, 2.24) is 4.90 Å². The second kappa shape index (κ2) is 4.52. The van der Waals surface area contributed by atoms with Crippen molar-refractivity contribution in [1.29, 1.82) is 0 Å². The predicted octanol–water partition coefficient (Wildman–Crippen LogP) is 1.90. The van der Waals surface area contributed by atoms with Gasteiger partial charge in [-0.3, -0.25) is 9.59 Å². The largest absolute Gasteiger partial charge is 0.481 e. The van der Waals surface area contributed by atoms with Gasteiger partial charge in [-0.1, -0.05) is 0 Å². The van der Waals surface area contributed by atoms with Crippen LogP contribution in [0.25, 0.3) is 0 Å². The third-order valence-electron chi connectivity index (χ3n) is 2.91. The molecule has 1 aromatic rings. The van der Waals surface area contributed by atoms with Gasteiger partial charge in [-0.2, -0.15) is 0 Å². The third-order valence-corrected chi connectivity index (χ3v) is 3.30. The van der Waals surface area contributed by atoms with Crippen molar-refractivity contribution in [3.8, 4) is 0 Å². The summed E-state index contributed by atoms with van der Waals surface area (Å²) in [5.74, 6) is -1.27. The molecular formula is C11H12BrNO4. The highest BCUT2D eigenvalue weighted by Gasteiger charge is 2.33. The van der Waals surface area contributed by atoms with Gasteiger partial charge in [0.1, 0.15) is 0 Å². The summed E-state index contributed by atoms with van der Waals surface area (Å²) < 4.78 is 5.77. The minimum absolute atomic E-state index is 0.239. The average molecular weight is 302 g/mol. The number of carboxylic acid groups (broad SMARTS) is 1. The van der Waals surface area contributed by atoms with Gasteiger partial charge < -0.3 is 14.4 Å². The maximum atomic E-state index is 12.1. The normalized spacial score (nSPS) is 19.6. The number of nitrogens with zero attached hydrogens (tertiary/aromatic N) is 1. The summed E-state index contributed by atoms with van der Waals surface area (Å²) in [4.78, 5) is 24.4. The molecule has 0 aromatic carbocycles. The number of likely N-dealkylation sites (tertiary alicyclic amines) is 1. The van der Waals surface area contributed by atoms with Crippen molar-refractivity contribution in [3.05, 3.63) is 22.1 Å². The first-order valence-electron chi connectivity index (χ1n) is 5.27. The second-order valence-corrected chi connectivity index (χ2v) is 4.92. The third kappa shape index (κ3) is 2.36. The molecule has 1 aliphatic heterocycles. The number of amides is 1. The molecule has 0 saturated carbocycles. The van der Waals surface area contributed by atoms with E-state index in [9.17, 15) is 9.59 Å². The van der Waals surface area contributed by atoms with Crippen LogP contribution < -0.4 is 0 Å². The highest BCUT2D eigenvalue weighted by atomic mass is 79.9. The Morgan fingerprint density at radius 2 is 2.29 bits per heavy atom. The van der Waals surface area contributed by atoms with E-state index < -0.39 is 11.9 Å². The van der Waals surface area contributed by atoms with E-state index in [1.807, 2.05) is 0 Å². The number of aliphatic carboxylic acids is 1. The van der Waals surface area contributed by atoms with E-state index in [1.54, 1.807) is 13.0 Å². The zero-order valence-corrected chi connectivity index (χ0v) is 10.9. The first-order valence-corrected chi connectivity index (χ1v) is 6.06. The van der Waals surface area contributed by atoms with Gasteiger partial charge in [0, 0.05) is 18.7 Å². The minimum atomic E-state index is -0.849. The molecule has 2 rings (SSSR count). The predicted molar refractivity (Wildman–Crippen MR) is 62.8 cm³/mol. The molecular weight excluding hydrogens is 290 g/mol. The Balaban J connectivity index is 2.12. The van der Waals surface area contributed by atoms with Crippen molar-refractivity contribution in [2.24, 2.45) is 5.92 Å². The monoisotopic (exact) mass is 301 g/mol. The number of carbonyl (C=O) groups excluding carboxylic acids is 1. The number of carbonyl (C=O) groups is 2. The molecule has 0 radical (unpaired) electrons. The molecule has 1 amide bonds. The minimum Gasteiger partial charge on any atom is -0.481 e.